The van der Waals surface area contributed by atoms with E-state index in [4.69, 9.17) is 4.74 Å². The Hall–Kier alpha value is -1.77. The fourth-order valence-electron chi connectivity index (χ4n) is 1.79. The van der Waals surface area contributed by atoms with Gasteiger partial charge in [0.1, 0.15) is 5.75 Å². The fraction of sp³-hybridized carbons (Fsp3) is 0.357. The minimum absolute atomic E-state index is 0.127. The van der Waals surface area contributed by atoms with Gasteiger partial charge in [-0.1, -0.05) is 32.9 Å². The molecule has 17 heavy (non-hydrogen) atoms. The van der Waals surface area contributed by atoms with Gasteiger partial charge in [-0.25, -0.2) is 0 Å². The SMILES string of the molecule is COc1cc(C(C)(C)C)ccc1-c1cn[nH]c1. The highest BCUT2D eigenvalue weighted by atomic mass is 16.5. The average Bonchev–Trinajstić information content (AvgIpc) is 2.80. The van der Waals surface area contributed by atoms with Crippen LogP contribution in [0, 0.1) is 0 Å². The Morgan fingerprint density at radius 3 is 2.53 bits per heavy atom. The van der Waals surface area contributed by atoms with E-state index in [9.17, 15) is 0 Å². The monoisotopic (exact) mass is 230 g/mol. The van der Waals surface area contributed by atoms with Gasteiger partial charge in [-0.05, 0) is 17.0 Å². The number of nitrogens with zero attached hydrogens (tertiary/aromatic N) is 1. The lowest BCUT2D eigenvalue weighted by atomic mass is 9.86. The number of aromatic nitrogens is 2. The van der Waals surface area contributed by atoms with Crippen LogP contribution in [0.25, 0.3) is 11.1 Å². The van der Waals surface area contributed by atoms with Crippen LogP contribution in [-0.2, 0) is 5.41 Å². The molecule has 1 heterocycles. The van der Waals surface area contributed by atoms with E-state index < -0.39 is 0 Å². The largest absolute Gasteiger partial charge is 0.496 e. The highest BCUT2D eigenvalue weighted by Gasteiger charge is 2.16. The summed E-state index contributed by atoms with van der Waals surface area (Å²) in [6.07, 6.45) is 3.67. The molecule has 1 N–H and O–H groups in total. The highest BCUT2D eigenvalue weighted by Crippen LogP contribution is 2.33. The molecule has 90 valence electrons. The van der Waals surface area contributed by atoms with Gasteiger partial charge in [0.05, 0.1) is 13.3 Å². The van der Waals surface area contributed by atoms with Crippen LogP contribution in [0.1, 0.15) is 26.3 Å². The summed E-state index contributed by atoms with van der Waals surface area (Å²) in [7, 11) is 1.70. The van der Waals surface area contributed by atoms with Crippen LogP contribution in [-0.4, -0.2) is 17.3 Å². The fourth-order valence-corrected chi connectivity index (χ4v) is 1.79. The standard InChI is InChI=1S/C14H18N2O/c1-14(2,3)11-5-6-12(13(7-11)17-4)10-8-15-16-9-10/h5-9H,1-4H3,(H,15,16). The van der Waals surface area contributed by atoms with E-state index >= 15 is 0 Å². The van der Waals surface area contributed by atoms with Gasteiger partial charge in [0.15, 0.2) is 0 Å². The van der Waals surface area contributed by atoms with Gasteiger partial charge in [0.2, 0.25) is 0 Å². The smallest absolute Gasteiger partial charge is 0.127 e. The first kappa shape index (κ1) is 11.7. The van der Waals surface area contributed by atoms with Crippen LogP contribution < -0.4 is 4.74 Å². The Morgan fingerprint density at radius 2 is 2.00 bits per heavy atom. The van der Waals surface area contributed by atoms with Crippen molar-refractivity contribution in [2.24, 2.45) is 0 Å². The summed E-state index contributed by atoms with van der Waals surface area (Å²) in [6, 6.07) is 6.33. The Kier molecular flexibility index (Phi) is 2.92. The van der Waals surface area contributed by atoms with E-state index in [1.165, 1.54) is 5.56 Å². The first-order chi connectivity index (χ1) is 8.02. The van der Waals surface area contributed by atoms with Gasteiger partial charge in [-0.15, -0.1) is 0 Å². The van der Waals surface area contributed by atoms with E-state index in [-0.39, 0.29) is 5.41 Å². The second-order valence-corrected chi connectivity index (χ2v) is 5.15. The van der Waals surface area contributed by atoms with Crippen LogP contribution in [0.3, 0.4) is 0 Å². The summed E-state index contributed by atoms with van der Waals surface area (Å²) in [5.41, 5.74) is 3.50. The second-order valence-electron chi connectivity index (χ2n) is 5.15. The molecule has 0 atom stereocenters. The van der Waals surface area contributed by atoms with Crippen molar-refractivity contribution >= 4 is 0 Å². The first-order valence-corrected chi connectivity index (χ1v) is 5.70. The van der Waals surface area contributed by atoms with Gasteiger partial charge in [-0.3, -0.25) is 5.10 Å². The number of benzene rings is 1. The Morgan fingerprint density at radius 1 is 1.24 bits per heavy atom. The summed E-state index contributed by atoms with van der Waals surface area (Å²) in [5.74, 6) is 0.888. The molecular weight excluding hydrogens is 212 g/mol. The van der Waals surface area contributed by atoms with E-state index in [0.29, 0.717) is 0 Å². The summed E-state index contributed by atoms with van der Waals surface area (Å²) in [5, 5.41) is 6.78. The molecule has 0 saturated heterocycles. The lowest BCUT2D eigenvalue weighted by Gasteiger charge is -2.20. The van der Waals surface area contributed by atoms with Crippen molar-refractivity contribution in [1.29, 1.82) is 0 Å². The molecule has 0 spiro atoms. The van der Waals surface area contributed by atoms with Crippen molar-refractivity contribution in [3.63, 3.8) is 0 Å². The molecule has 2 rings (SSSR count). The molecule has 0 aliphatic rings. The Bertz CT molecular complexity index is 495. The van der Waals surface area contributed by atoms with E-state index in [1.807, 2.05) is 6.20 Å². The maximum Gasteiger partial charge on any atom is 0.127 e. The number of aromatic amines is 1. The van der Waals surface area contributed by atoms with Gasteiger partial charge in [0, 0.05) is 17.3 Å². The number of hydrogen-bond donors (Lipinski definition) is 1. The van der Waals surface area contributed by atoms with Crippen molar-refractivity contribution < 1.29 is 4.74 Å². The van der Waals surface area contributed by atoms with E-state index in [0.717, 1.165) is 16.9 Å². The molecule has 3 heteroatoms. The zero-order valence-corrected chi connectivity index (χ0v) is 10.7. The highest BCUT2D eigenvalue weighted by molar-refractivity contribution is 5.70. The minimum Gasteiger partial charge on any atom is -0.496 e. The number of H-pyrrole nitrogens is 1. The maximum atomic E-state index is 5.46. The predicted octanol–water partition coefficient (Wildman–Crippen LogP) is 3.38. The second kappa shape index (κ2) is 4.24. The zero-order valence-electron chi connectivity index (χ0n) is 10.7. The maximum absolute atomic E-state index is 5.46. The molecule has 0 radical (unpaired) electrons. The first-order valence-electron chi connectivity index (χ1n) is 5.70. The Balaban J connectivity index is 2.50. The third-order valence-corrected chi connectivity index (χ3v) is 2.88. The van der Waals surface area contributed by atoms with Crippen LogP contribution in [0.4, 0.5) is 0 Å². The van der Waals surface area contributed by atoms with Gasteiger partial charge in [0.25, 0.3) is 0 Å². The summed E-state index contributed by atoms with van der Waals surface area (Å²) in [6.45, 7) is 6.58. The zero-order chi connectivity index (χ0) is 12.5. The normalized spacial score (nSPS) is 11.5. The van der Waals surface area contributed by atoms with Crippen LogP contribution in [0.2, 0.25) is 0 Å². The molecule has 1 aromatic heterocycles. The number of ether oxygens (including phenoxy) is 1. The molecule has 0 aliphatic carbocycles. The van der Waals surface area contributed by atoms with Gasteiger partial charge < -0.3 is 4.74 Å². The van der Waals surface area contributed by atoms with Gasteiger partial charge >= 0.3 is 0 Å². The number of nitrogens with one attached hydrogen (secondary N) is 1. The Labute approximate surface area is 102 Å². The van der Waals surface area contributed by atoms with E-state index in [1.54, 1.807) is 13.3 Å². The number of methoxy groups -OCH3 is 1. The summed E-state index contributed by atoms with van der Waals surface area (Å²) < 4.78 is 5.46. The lowest BCUT2D eigenvalue weighted by molar-refractivity contribution is 0.414. The third kappa shape index (κ3) is 2.33. The van der Waals surface area contributed by atoms with Crippen molar-refractivity contribution in [3.8, 4) is 16.9 Å². The van der Waals surface area contributed by atoms with Crippen molar-refractivity contribution in [2.75, 3.05) is 7.11 Å². The van der Waals surface area contributed by atoms with Crippen LogP contribution >= 0.6 is 0 Å². The minimum atomic E-state index is 0.127. The molecule has 0 fully saturated rings. The van der Waals surface area contributed by atoms with E-state index in [2.05, 4.69) is 49.2 Å². The summed E-state index contributed by atoms with van der Waals surface area (Å²) in [4.78, 5) is 0. The molecule has 0 saturated carbocycles. The van der Waals surface area contributed by atoms with Crippen molar-refractivity contribution in [2.45, 2.75) is 26.2 Å². The van der Waals surface area contributed by atoms with Crippen molar-refractivity contribution in [1.82, 2.24) is 10.2 Å². The topological polar surface area (TPSA) is 37.9 Å². The molecule has 2 aromatic rings. The third-order valence-electron chi connectivity index (χ3n) is 2.88. The van der Waals surface area contributed by atoms with Crippen LogP contribution in [0.15, 0.2) is 30.6 Å². The van der Waals surface area contributed by atoms with Crippen molar-refractivity contribution in [3.05, 3.63) is 36.2 Å². The lowest BCUT2D eigenvalue weighted by Crippen LogP contribution is -2.11. The predicted molar refractivity (Wildman–Crippen MR) is 69.3 cm³/mol. The molecule has 0 bridgehead atoms. The molecule has 0 aliphatic heterocycles. The molecular formula is C14H18N2O. The number of rotatable bonds is 2. The molecule has 0 unspecified atom stereocenters. The molecule has 1 aromatic carbocycles. The molecule has 0 amide bonds. The molecule has 3 nitrogen and oxygen atoms in total. The summed E-state index contributed by atoms with van der Waals surface area (Å²) >= 11 is 0. The average molecular weight is 230 g/mol. The quantitative estimate of drug-likeness (QED) is 0.858. The van der Waals surface area contributed by atoms with Crippen LogP contribution in [0.5, 0.6) is 5.75 Å². The van der Waals surface area contributed by atoms with Gasteiger partial charge in [-0.2, -0.15) is 5.10 Å². The number of hydrogen-bond acceptors (Lipinski definition) is 2.